The molecule has 82 heavy (non-hydrogen) atoms. The van der Waals surface area contributed by atoms with E-state index in [-0.39, 0.29) is 70.8 Å². The number of pyridine rings is 1. The van der Waals surface area contributed by atoms with Gasteiger partial charge in [0.1, 0.15) is 42.3 Å². The summed E-state index contributed by atoms with van der Waals surface area (Å²) in [7, 11) is 7.55. The topological polar surface area (TPSA) is 235 Å². The van der Waals surface area contributed by atoms with Crippen LogP contribution in [0.1, 0.15) is 90.5 Å². The maximum Gasteiger partial charge on any atom is 0.319 e. The molecule has 7 heterocycles. The Labute approximate surface area is 477 Å². The Kier molecular flexibility index (Phi) is 22.2. The van der Waals surface area contributed by atoms with E-state index in [1.807, 2.05) is 39.2 Å². The van der Waals surface area contributed by atoms with E-state index in [0.29, 0.717) is 96.8 Å². The molecule has 3 aromatic carbocycles. The van der Waals surface area contributed by atoms with Crippen LogP contribution in [0, 0.1) is 29.9 Å². The highest BCUT2D eigenvalue weighted by atomic mass is 19.1. The number of anilines is 2. The summed E-state index contributed by atoms with van der Waals surface area (Å²) in [6.45, 7) is 10.9. The van der Waals surface area contributed by atoms with Crippen molar-refractivity contribution < 1.29 is 47.0 Å². The summed E-state index contributed by atoms with van der Waals surface area (Å²) in [5.74, 6) is 1.50. The van der Waals surface area contributed by atoms with E-state index in [0.717, 1.165) is 95.1 Å². The summed E-state index contributed by atoms with van der Waals surface area (Å²) in [6.07, 6.45) is 17.6. The maximum absolute atomic E-state index is 16.8. The van der Waals surface area contributed by atoms with Gasteiger partial charge in [0.15, 0.2) is 18.4 Å². The number of amides is 2. The van der Waals surface area contributed by atoms with Crippen molar-refractivity contribution in [1.82, 2.24) is 40.7 Å². The molecule has 5 N–H and O–H groups in total. The fourth-order valence-electron chi connectivity index (χ4n) is 11.4. The highest BCUT2D eigenvalue weighted by molar-refractivity contribution is 6.02. The van der Waals surface area contributed by atoms with Gasteiger partial charge in [0.25, 0.3) is 6.47 Å². The van der Waals surface area contributed by atoms with E-state index >= 15 is 4.39 Å². The van der Waals surface area contributed by atoms with Crippen LogP contribution >= 0.6 is 0 Å². The second kappa shape index (κ2) is 29.4. The van der Waals surface area contributed by atoms with Crippen LogP contribution in [0.5, 0.6) is 6.01 Å². The average Bonchev–Trinajstić information content (AvgIpc) is 4.04. The van der Waals surface area contributed by atoms with Gasteiger partial charge >= 0.3 is 6.01 Å². The van der Waals surface area contributed by atoms with Crippen LogP contribution in [0.2, 0.25) is 0 Å². The zero-order valence-electron chi connectivity index (χ0n) is 47.3. The smallest absolute Gasteiger partial charge is 0.319 e. The molecule has 0 bridgehead atoms. The molecule has 0 saturated carbocycles. The van der Waals surface area contributed by atoms with Crippen LogP contribution in [-0.2, 0) is 23.9 Å². The molecule has 21 heteroatoms. The summed E-state index contributed by atoms with van der Waals surface area (Å²) in [4.78, 5) is 87.3. The molecule has 0 aliphatic carbocycles. The number of nitrogens with two attached hydrogens (primary N) is 1. The monoisotopic (exact) mass is 1130 g/mol. The highest BCUT2D eigenvalue weighted by Gasteiger charge is 2.51. The Morgan fingerprint density at radius 1 is 0.939 bits per heavy atom. The number of carbonyl (C=O) groups is 6. The zero-order chi connectivity index (χ0) is 58.9. The number of hydrogen-bond acceptors (Lipinski definition) is 18. The maximum atomic E-state index is 16.8. The van der Waals surface area contributed by atoms with Gasteiger partial charge in [0.2, 0.25) is 11.8 Å². The van der Waals surface area contributed by atoms with Crippen LogP contribution in [0.3, 0.4) is 0 Å². The molecular formula is C61H75F2N11O8. The summed E-state index contributed by atoms with van der Waals surface area (Å²) >= 11 is 0. The van der Waals surface area contributed by atoms with E-state index in [1.54, 1.807) is 42.6 Å². The summed E-state index contributed by atoms with van der Waals surface area (Å²) in [5.41, 5.74) is 9.35. The van der Waals surface area contributed by atoms with Crippen LogP contribution in [0.25, 0.3) is 32.9 Å². The minimum atomic E-state index is -0.684. The Morgan fingerprint density at radius 2 is 1.70 bits per heavy atom. The van der Waals surface area contributed by atoms with Crippen LogP contribution in [-0.4, -0.2) is 173 Å². The van der Waals surface area contributed by atoms with E-state index in [9.17, 15) is 33.2 Å². The van der Waals surface area contributed by atoms with Crippen LogP contribution in [0.4, 0.5) is 20.3 Å². The number of terminal acetylenes is 1. The van der Waals surface area contributed by atoms with E-state index in [2.05, 4.69) is 53.1 Å². The third-order valence-electron chi connectivity index (χ3n) is 15.7. The van der Waals surface area contributed by atoms with Crippen molar-refractivity contribution in [1.29, 1.82) is 0 Å². The number of likely N-dealkylation sites (N-methyl/N-ethyl adjacent to an activating group) is 3. The van der Waals surface area contributed by atoms with Gasteiger partial charge < -0.3 is 40.4 Å². The van der Waals surface area contributed by atoms with Crippen molar-refractivity contribution in [3.63, 3.8) is 0 Å². The lowest BCUT2D eigenvalue weighted by Gasteiger charge is -2.34. The second-order valence-corrected chi connectivity index (χ2v) is 21.5. The lowest BCUT2D eigenvalue weighted by atomic mass is 9.94. The second-order valence-electron chi connectivity index (χ2n) is 21.5. The SMILES string of the molecule is C#Cc1c(F)ccc2cccc(-c3ncc4c(N5CCCC[C@H](N)C5)nc(OC[C@@]56CC[C@@H](COC=O)N5CC(=C)C6)nc4c3F)c12.CN(C)C1CCC(=O)NC1=O.CNCCNC.O=Cc1ccc(N2CCC(C=O)CC2)cc1C=O. The fraction of sp³-hybridized carbons (Fsp3) is 0.459. The number of halogens is 2. The number of rotatable bonds is 16. The molecule has 4 atom stereocenters. The van der Waals surface area contributed by atoms with E-state index in [4.69, 9.17) is 26.6 Å². The predicted molar refractivity (Wildman–Crippen MR) is 312 cm³/mol. The number of ether oxygens (including phenoxy) is 2. The first-order valence-electron chi connectivity index (χ1n) is 27.8. The molecule has 5 aliphatic heterocycles. The van der Waals surface area contributed by atoms with Gasteiger partial charge in [0.05, 0.1) is 22.5 Å². The van der Waals surface area contributed by atoms with Crippen molar-refractivity contribution in [2.75, 3.05) is 97.0 Å². The van der Waals surface area contributed by atoms with Crippen molar-refractivity contribution in [2.45, 2.75) is 87.9 Å². The van der Waals surface area contributed by atoms with Crippen molar-refractivity contribution in [2.24, 2.45) is 11.7 Å². The molecule has 436 valence electrons. The van der Waals surface area contributed by atoms with Crippen molar-refractivity contribution >= 4 is 70.3 Å². The molecule has 0 spiro atoms. The minimum Gasteiger partial charge on any atom is -0.466 e. The van der Waals surface area contributed by atoms with Gasteiger partial charge in [-0.15, -0.1) is 6.42 Å². The molecule has 1 unspecified atom stereocenters. The number of hydrogen-bond donors (Lipinski definition) is 4. The molecule has 5 fully saturated rings. The number of aldehydes is 3. The minimum absolute atomic E-state index is 0.000888. The Morgan fingerprint density at radius 3 is 2.37 bits per heavy atom. The van der Waals surface area contributed by atoms with Gasteiger partial charge in [-0.2, -0.15) is 9.97 Å². The number of imide groups is 1. The standard InChI is InChI=1S/C36H36F2N6O3.C14H15NO3.C7H12N2O2.C4H12N2/c1-3-26-29(37)11-10-23-7-6-9-27(30(23)26)32-31(38)33-28(16-40-32)34(43-14-5-4-8-24(39)18-43)42-35(41-33)47-20-36-13-12-25(19-46-21-45)44(36)17-22(2)15-36;16-8-11-3-5-15(6-4-11)14-2-1-12(9-17)13(7-14)10-18;1-9(2)5-3-4-6(10)8-7(5)11;1-5-3-4-6-2/h1,6-7,9-11,16,21,24-25H,2,4-5,8,12-15,17-20,39H2;1-2,7-11H,3-6H2;5H,3-4H2,1-2H3,(H,8,10,11);5-6H,3-4H2,1-2H3/t24-,25-,36-;;;/m0.../s1. The molecule has 2 aromatic heterocycles. The normalized spacial score (nSPS) is 20.9. The predicted octanol–water partition coefficient (Wildman–Crippen LogP) is 5.64. The molecular weight excluding hydrogens is 1050 g/mol. The number of fused-ring (bicyclic) bond motifs is 3. The molecule has 5 saturated heterocycles. The Hall–Kier alpha value is -7.61. The van der Waals surface area contributed by atoms with Gasteiger partial charge in [-0.05, 0) is 109 Å². The van der Waals surface area contributed by atoms with Crippen LogP contribution < -0.4 is 36.2 Å². The quantitative estimate of drug-likeness (QED) is 0.0308. The molecule has 0 radical (unpaired) electrons. The van der Waals surface area contributed by atoms with Gasteiger partial charge in [-0.25, -0.2) is 8.78 Å². The third kappa shape index (κ3) is 14.9. The average molecular weight is 1130 g/mol. The number of carbonyl (C=O) groups excluding carboxylic acids is 6. The molecule has 5 aromatic rings. The molecule has 19 nitrogen and oxygen atoms in total. The largest absolute Gasteiger partial charge is 0.466 e. The Balaban J connectivity index is 0.000000224. The molecule has 2 amide bonds. The number of nitrogens with one attached hydrogen (secondary N) is 3. The number of aromatic nitrogens is 3. The highest BCUT2D eigenvalue weighted by Crippen LogP contribution is 2.45. The lowest BCUT2D eigenvalue weighted by molar-refractivity contribution is -0.137. The van der Waals surface area contributed by atoms with Gasteiger partial charge in [-0.1, -0.05) is 48.8 Å². The number of benzene rings is 3. The summed E-state index contributed by atoms with van der Waals surface area (Å²) in [6, 6.07) is 13.3. The summed E-state index contributed by atoms with van der Waals surface area (Å²) in [5, 5.41) is 9.80. The zero-order valence-corrected chi connectivity index (χ0v) is 47.3. The Bertz CT molecular complexity index is 3140. The van der Waals surface area contributed by atoms with Gasteiger partial charge in [0, 0.05) is 104 Å². The number of nitrogens with zero attached hydrogens (tertiary/aromatic N) is 7. The summed E-state index contributed by atoms with van der Waals surface area (Å²) < 4.78 is 43.1. The van der Waals surface area contributed by atoms with E-state index in [1.165, 1.54) is 6.07 Å². The van der Waals surface area contributed by atoms with Crippen LogP contribution in [0.15, 0.2) is 66.9 Å². The van der Waals surface area contributed by atoms with E-state index < -0.39 is 11.6 Å². The first kappa shape index (κ1) is 62.0. The lowest BCUT2D eigenvalue weighted by Crippen LogP contribution is -2.50. The molecule has 5 aliphatic rings. The van der Waals surface area contributed by atoms with Gasteiger partial charge in [-0.3, -0.25) is 44.1 Å². The van der Waals surface area contributed by atoms with Crippen molar-refractivity contribution in [3.05, 3.63) is 95.2 Å². The number of piperidine rings is 2. The fourth-order valence-corrected chi connectivity index (χ4v) is 11.4. The first-order valence-corrected chi connectivity index (χ1v) is 27.8. The molecule has 10 rings (SSSR count). The van der Waals surface area contributed by atoms with Crippen molar-refractivity contribution in [3.8, 4) is 29.6 Å². The first-order chi connectivity index (χ1) is 39.6. The third-order valence-corrected chi connectivity index (χ3v) is 15.7.